The zero-order valence-corrected chi connectivity index (χ0v) is 9.98. The molecule has 0 aromatic heterocycles. The number of thioether (sulfide) groups is 1. The second-order valence-corrected chi connectivity index (χ2v) is 4.17. The summed E-state index contributed by atoms with van der Waals surface area (Å²) in [7, 11) is 0. The SMILES string of the molecule is C=CCC(=O)CCSCCC(=O)OCC. The van der Waals surface area contributed by atoms with Crippen LogP contribution in [0.2, 0.25) is 0 Å². The van der Waals surface area contributed by atoms with Crippen LogP contribution in [0.1, 0.15) is 26.2 Å². The lowest BCUT2D eigenvalue weighted by molar-refractivity contribution is -0.142. The van der Waals surface area contributed by atoms with E-state index in [2.05, 4.69) is 6.58 Å². The van der Waals surface area contributed by atoms with E-state index in [9.17, 15) is 9.59 Å². The Labute approximate surface area is 95.3 Å². The Morgan fingerprint density at radius 3 is 2.60 bits per heavy atom. The number of ether oxygens (including phenoxy) is 1. The van der Waals surface area contributed by atoms with Gasteiger partial charge in [0.05, 0.1) is 13.0 Å². The highest BCUT2D eigenvalue weighted by Crippen LogP contribution is 2.06. The lowest BCUT2D eigenvalue weighted by Crippen LogP contribution is -2.05. The van der Waals surface area contributed by atoms with E-state index in [0.717, 1.165) is 11.5 Å². The fourth-order valence-corrected chi connectivity index (χ4v) is 1.83. The number of hydrogen-bond acceptors (Lipinski definition) is 4. The first-order valence-corrected chi connectivity index (χ1v) is 6.22. The Morgan fingerprint density at radius 1 is 1.33 bits per heavy atom. The van der Waals surface area contributed by atoms with Gasteiger partial charge in [0.2, 0.25) is 0 Å². The molecule has 0 bridgehead atoms. The fourth-order valence-electron chi connectivity index (χ4n) is 0.940. The molecule has 0 heterocycles. The number of hydrogen-bond donors (Lipinski definition) is 0. The van der Waals surface area contributed by atoms with Gasteiger partial charge in [-0.3, -0.25) is 9.59 Å². The molecule has 3 nitrogen and oxygen atoms in total. The van der Waals surface area contributed by atoms with Gasteiger partial charge in [0.1, 0.15) is 5.78 Å². The van der Waals surface area contributed by atoms with Crippen molar-refractivity contribution in [3.05, 3.63) is 12.7 Å². The zero-order chi connectivity index (χ0) is 11.5. The van der Waals surface area contributed by atoms with E-state index in [1.165, 1.54) is 0 Å². The highest BCUT2D eigenvalue weighted by Gasteiger charge is 2.02. The first kappa shape index (κ1) is 14.2. The molecule has 0 unspecified atom stereocenters. The highest BCUT2D eigenvalue weighted by atomic mass is 32.2. The van der Waals surface area contributed by atoms with Crippen molar-refractivity contribution in [2.45, 2.75) is 26.2 Å². The molecule has 0 saturated heterocycles. The van der Waals surface area contributed by atoms with Crippen LogP contribution in [-0.2, 0) is 14.3 Å². The summed E-state index contributed by atoms with van der Waals surface area (Å²) < 4.78 is 4.78. The van der Waals surface area contributed by atoms with Crippen molar-refractivity contribution >= 4 is 23.5 Å². The van der Waals surface area contributed by atoms with Crippen molar-refractivity contribution in [1.82, 2.24) is 0 Å². The van der Waals surface area contributed by atoms with Crippen LogP contribution in [0.15, 0.2) is 12.7 Å². The van der Waals surface area contributed by atoms with Crippen LogP contribution in [0.25, 0.3) is 0 Å². The van der Waals surface area contributed by atoms with E-state index in [-0.39, 0.29) is 11.8 Å². The topological polar surface area (TPSA) is 43.4 Å². The first-order valence-electron chi connectivity index (χ1n) is 5.06. The summed E-state index contributed by atoms with van der Waals surface area (Å²) >= 11 is 1.61. The maximum absolute atomic E-state index is 11.1. The molecule has 0 radical (unpaired) electrons. The van der Waals surface area contributed by atoms with Crippen molar-refractivity contribution in [2.24, 2.45) is 0 Å². The van der Waals surface area contributed by atoms with Gasteiger partial charge in [-0.2, -0.15) is 11.8 Å². The van der Waals surface area contributed by atoms with Crippen LogP contribution in [0.3, 0.4) is 0 Å². The maximum Gasteiger partial charge on any atom is 0.306 e. The van der Waals surface area contributed by atoms with Crippen LogP contribution in [0.4, 0.5) is 0 Å². The second-order valence-electron chi connectivity index (χ2n) is 2.95. The lowest BCUT2D eigenvalue weighted by Gasteiger charge is -2.01. The van der Waals surface area contributed by atoms with Gasteiger partial charge in [-0.25, -0.2) is 0 Å². The molecule has 0 aromatic carbocycles. The number of rotatable bonds is 9. The fraction of sp³-hybridized carbons (Fsp3) is 0.636. The molecule has 0 rings (SSSR count). The molecule has 0 spiro atoms. The summed E-state index contributed by atoms with van der Waals surface area (Å²) in [5.74, 6) is 1.53. The lowest BCUT2D eigenvalue weighted by atomic mass is 10.2. The Hall–Kier alpha value is -0.770. The Morgan fingerprint density at radius 2 is 2.00 bits per heavy atom. The highest BCUT2D eigenvalue weighted by molar-refractivity contribution is 7.99. The standard InChI is InChI=1S/C11H18O3S/c1-3-5-10(12)6-8-15-9-7-11(13)14-4-2/h3H,1,4-9H2,2H3. The zero-order valence-electron chi connectivity index (χ0n) is 9.16. The summed E-state index contributed by atoms with van der Waals surface area (Å²) in [6, 6.07) is 0. The molecule has 4 heteroatoms. The number of carbonyl (C=O) groups excluding carboxylic acids is 2. The predicted molar refractivity (Wildman–Crippen MR) is 63.0 cm³/mol. The molecular weight excluding hydrogens is 212 g/mol. The minimum absolute atomic E-state index is 0.164. The molecule has 0 atom stereocenters. The van der Waals surface area contributed by atoms with Gasteiger partial charge in [-0.15, -0.1) is 6.58 Å². The van der Waals surface area contributed by atoms with Crippen molar-refractivity contribution in [3.8, 4) is 0 Å². The number of Topliss-reactive ketones (excluding diaryl/α,β-unsaturated/α-hetero) is 1. The molecule has 0 aromatic rings. The van der Waals surface area contributed by atoms with E-state index < -0.39 is 0 Å². The van der Waals surface area contributed by atoms with Crippen LogP contribution in [0, 0.1) is 0 Å². The molecule has 15 heavy (non-hydrogen) atoms. The van der Waals surface area contributed by atoms with Crippen molar-refractivity contribution in [2.75, 3.05) is 18.1 Å². The number of carbonyl (C=O) groups is 2. The van der Waals surface area contributed by atoms with Crippen LogP contribution < -0.4 is 0 Å². The van der Waals surface area contributed by atoms with E-state index in [1.807, 2.05) is 0 Å². The molecule has 0 aliphatic carbocycles. The summed E-state index contributed by atoms with van der Waals surface area (Å²) in [6.45, 7) is 5.72. The van der Waals surface area contributed by atoms with Gasteiger partial charge in [0.25, 0.3) is 0 Å². The van der Waals surface area contributed by atoms with Crippen LogP contribution in [-0.4, -0.2) is 29.9 Å². The van der Waals surface area contributed by atoms with Crippen LogP contribution >= 0.6 is 11.8 Å². The third kappa shape index (κ3) is 9.53. The van der Waals surface area contributed by atoms with E-state index >= 15 is 0 Å². The molecule has 0 amide bonds. The van der Waals surface area contributed by atoms with Gasteiger partial charge < -0.3 is 4.74 Å². The quantitative estimate of drug-likeness (QED) is 0.346. The van der Waals surface area contributed by atoms with E-state index in [0.29, 0.717) is 25.9 Å². The molecule has 86 valence electrons. The minimum Gasteiger partial charge on any atom is -0.466 e. The smallest absolute Gasteiger partial charge is 0.306 e. The predicted octanol–water partition coefficient (Wildman–Crippen LogP) is 2.21. The third-order valence-electron chi connectivity index (χ3n) is 1.65. The average Bonchev–Trinajstić information content (AvgIpc) is 2.18. The van der Waals surface area contributed by atoms with Gasteiger partial charge in [0.15, 0.2) is 0 Å². The normalized spacial score (nSPS) is 9.67. The minimum atomic E-state index is -0.164. The Balaban J connectivity index is 3.28. The van der Waals surface area contributed by atoms with E-state index in [4.69, 9.17) is 4.74 Å². The van der Waals surface area contributed by atoms with Gasteiger partial charge in [-0.1, -0.05) is 6.08 Å². The molecule has 0 aliphatic heterocycles. The summed E-state index contributed by atoms with van der Waals surface area (Å²) in [6.07, 6.45) is 3.04. The largest absolute Gasteiger partial charge is 0.466 e. The van der Waals surface area contributed by atoms with Gasteiger partial charge >= 0.3 is 5.97 Å². The Bertz CT molecular complexity index is 214. The van der Waals surface area contributed by atoms with Crippen molar-refractivity contribution < 1.29 is 14.3 Å². The molecule has 0 saturated carbocycles. The summed E-state index contributed by atoms with van der Waals surface area (Å²) in [5, 5.41) is 0. The number of ketones is 1. The van der Waals surface area contributed by atoms with Crippen LogP contribution in [0.5, 0.6) is 0 Å². The third-order valence-corrected chi connectivity index (χ3v) is 2.64. The maximum atomic E-state index is 11.1. The number of allylic oxidation sites excluding steroid dienone is 1. The summed E-state index contributed by atoms with van der Waals surface area (Å²) in [5.41, 5.74) is 0. The average molecular weight is 230 g/mol. The van der Waals surface area contributed by atoms with E-state index in [1.54, 1.807) is 24.8 Å². The monoisotopic (exact) mass is 230 g/mol. The second kappa shape index (κ2) is 9.77. The first-order chi connectivity index (χ1) is 7.20. The van der Waals surface area contributed by atoms with Crippen molar-refractivity contribution in [3.63, 3.8) is 0 Å². The van der Waals surface area contributed by atoms with Gasteiger partial charge in [-0.05, 0) is 6.92 Å². The molecule has 0 N–H and O–H groups in total. The molecule has 0 fully saturated rings. The number of esters is 1. The Kier molecular flexibility index (Phi) is 9.27. The summed E-state index contributed by atoms with van der Waals surface area (Å²) in [4.78, 5) is 22.0. The van der Waals surface area contributed by atoms with Gasteiger partial charge in [0, 0.05) is 24.3 Å². The molecular formula is C11H18O3S. The van der Waals surface area contributed by atoms with Crippen molar-refractivity contribution in [1.29, 1.82) is 0 Å². The molecule has 0 aliphatic rings.